The molecule has 0 aromatic heterocycles. The number of primary amides is 1. The summed E-state index contributed by atoms with van der Waals surface area (Å²) < 4.78 is 0. The molecule has 0 fully saturated rings. The molecule has 2 aromatic carbocycles. The molecule has 2 N–H and O–H groups in total. The van der Waals surface area contributed by atoms with E-state index in [9.17, 15) is 4.79 Å². The SMILES string of the molecule is CCCN(Cc1ccccc1)C1Cc2ccc(CC(N)=O)cc2C1. The monoisotopic (exact) mass is 322 g/mol. The van der Waals surface area contributed by atoms with Crippen LogP contribution in [0.3, 0.4) is 0 Å². The lowest BCUT2D eigenvalue weighted by atomic mass is 10.0. The van der Waals surface area contributed by atoms with Gasteiger partial charge in [0, 0.05) is 12.6 Å². The minimum absolute atomic E-state index is 0.263. The fourth-order valence-corrected chi connectivity index (χ4v) is 3.71. The molecule has 0 saturated carbocycles. The largest absolute Gasteiger partial charge is 0.369 e. The van der Waals surface area contributed by atoms with Crippen molar-refractivity contribution in [1.29, 1.82) is 0 Å². The number of carbonyl (C=O) groups is 1. The normalized spacial score (nSPS) is 16.3. The summed E-state index contributed by atoms with van der Waals surface area (Å²) in [7, 11) is 0. The van der Waals surface area contributed by atoms with E-state index in [0.29, 0.717) is 12.5 Å². The van der Waals surface area contributed by atoms with Crippen molar-refractivity contribution in [3.63, 3.8) is 0 Å². The summed E-state index contributed by atoms with van der Waals surface area (Å²) in [5.41, 5.74) is 10.5. The Morgan fingerprint density at radius 2 is 1.83 bits per heavy atom. The van der Waals surface area contributed by atoms with Crippen LogP contribution >= 0.6 is 0 Å². The van der Waals surface area contributed by atoms with Crippen molar-refractivity contribution >= 4 is 5.91 Å². The highest BCUT2D eigenvalue weighted by Crippen LogP contribution is 2.28. The topological polar surface area (TPSA) is 46.3 Å². The second-order valence-corrected chi connectivity index (χ2v) is 6.76. The molecule has 0 radical (unpaired) electrons. The van der Waals surface area contributed by atoms with Gasteiger partial charge >= 0.3 is 0 Å². The lowest BCUT2D eigenvalue weighted by Gasteiger charge is -2.28. The summed E-state index contributed by atoms with van der Waals surface area (Å²) in [6, 6.07) is 17.6. The highest BCUT2D eigenvalue weighted by atomic mass is 16.1. The average molecular weight is 322 g/mol. The van der Waals surface area contributed by atoms with Crippen LogP contribution in [0.4, 0.5) is 0 Å². The zero-order valence-electron chi connectivity index (χ0n) is 14.4. The lowest BCUT2D eigenvalue weighted by Crippen LogP contribution is -2.36. The van der Waals surface area contributed by atoms with Crippen molar-refractivity contribution < 1.29 is 4.79 Å². The Morgan fingerprint density at radius 1 is 1.08 bits per heavy atom. The van der Waals surface area contributed by atoms with Crippen molar-refractivity contribution in [2.45, 2.75) is 45.2 Å². The van der Waals surface area contributed by atoms with E-state index in [-0.39, 0.29) is 5.91 Å². The number of amides is 1. The van der Waals surface area contributed by atoms with Gasteiger partial charge in [-0.3, -0.25) is 9.69 Å². The molecule has 3 heteroatoms. The van der Waals surface area contributed by atoms with Gasteiger partial charge in [0.1, 0.15) is 0 Å². The summed E-state index contributed by atoms with van der Waals surface area (Å²) in [4.78, 5) is 13.7. The first-order chi connectivity index (χ1) is 11.7. The summed E-state index contributed by atoms with van der Waals surface area (Å²) in [6.07, 6.45) is 3.65. The maximum Gasteiger partial charge on any atom is 0.221 e. The minimum Gasteiger partial charge on any atom is -0.369 e. The molecule has 24 heavy (non-hydrogen) atoms. The zero-order valence-corrected chi connectivity index (χ0v) is 14.4. The Bertz CT molecular complexity index is 696. The van der Waals surface area contributed by atoms with E-state index in [4.69, 9.17) is 5.73 Å². The molecule has 0 bridgehead atoms. The number of hydrogen-bond acceptors (Lipinski definition) is 2. The van der Waals surface area contributed by atoms with Crippen LogP contribution < -0.4 is 5.73 Å². The van der Waals surface area contributed by atoms with Crippen molar-refractivity contribution in [1.82, 2.24) is 4.90 Å². The molecule has 1 aliphatic rings. The number of nitrogens with zero attached hydrogens (tertiary/aromatic N) is 1. The Kier molecular flexibility index (Phi) is 5.31. The average Bonchev–Trinajstić information content (AvgIpc) is 2.98. The van der Waals surface area contributed by atoms with E-state index in [2.05, 4.69) is 54.3 Å². The predicted molar refractivity (Wildman–Crippen MR) is 97.7 cm³/mol. The van der Waals surface area contributed by atoms with Crippen LogP contribution in [0.1, 0.15) is 35.6 Å². The van der Waals surface area contributed by atoms with E-state index in [1.807, 2.05) is 6.07 Å². The number of nitrogens with two attached hydrogens (primary N) is 1. The fourth-order valence-electron chi connectivity index (χ4n) is 3.71. The highest BCUT2D eigenvalue weighted by Gasteiger charge is 2.26. The maximum absolute atomic E-state index is 11.1. The molecule has 3 rings (SSSR count). The molecule has 1 unspecified atom stereocenters. The van der Waals surface area contributed by atoms with Gasteiger partial charge < -0.3 is 5.73 Å². The van der Waals surface area contributed by atoms with Crippen molar-refractivity contribution in [3.05, 3.63) is 70.8 Å². The minimum atomic E-state index is -0.263. The summed E-state index contributed by atoms with van der Waals surface area (Å²) in [5, 5.41) is 0. The Labute approximate surface area is 144 Å². The van der Waals surface area contributed by atoms with Crippen LogP contribution in [0.25, 0.3) is 0 Å². The van der Waals surface area contributed by atoms with Crippen LogP contribution in [0.5, 0.6) is 0 Å². The number of hydrogen-bond donors (Lipinski definition) is 1. The van der Waals surface area contributed by atoms with Gasteiger partial charge in [-0.2, -0.15) is 0 Å². The Morgan fingerprint density at radius 3 is 2.54 bits per heavy atom. The summed E-state index contributed by atoms with van der Waals surface area (Å²) in [5.74, 6) is -0.263. The van der Waals surface area contributed by atoms with Crippen LogP contribution in [0, 0.1) is 0 Å². The van der Waals surface area contributed by atoms with Crippen LogP contribution in [-0.4, -0.2) is 23.4 Å². The van der Waals surface area contributed by atoms with E-state index in [1.54, 1.807) is 0 Å². The molecule has 3 nitrogen and oxygen atoms in total. The number of benzene rings is 2. The second-order valence-electron chi connectivity index (χ2n) is 6.76. The van der Waals surface area contributed by atoms with Crippen molar-refractivity contribution in [3.8, 4) is 0 Å². The van der Waals surface area contributed by atoms with E-state index < -0.39 is 0 Å². The van der Waals surface area contributed by atoms with E-state index in [0.717, 1.165) is 37.9 Å². The Hall–Kier alpha value is -2.13. The number of carbonyl (C=O) groups excluding carboxylic acids is 1. The first kappa shape index (κ1) is 16.7. The highest BCUT2D eigenvalue weighted by molar-refractivity contribution is 5.76. The third-order valence-electron chi connectivity index (χ3n) is 4.82. The molecule has 2 aromatic rings. The molecule has 0 aliphatic heterocycles. The molecule has 126 valence electrons. The first-order valence-corrected chi connectivity index (χ1v) is 8.82. The molecule has 1 aliphatic carbocycles. The molecule has 0 heterocycles. The first-order valence-electron chi connectivity index (χ1n) is 8.82. The second kappa shape index (κ2) is 7.63. The van der Waals surface area contributed by atoms with Gasteiger partial charge in [0.15, 0.2) is 0 Å². The van der Waals surface area contributed by atoms with Crippen LogP contribution in [-0.2, 0) is 30.6 Å². The van der Waals surface area contributed by atoms with E-state index in [1.165, 1.54) is 16.7 Å². The molecule has 1 amide bonds. The molecule has 0 spiro atoms. The Balaban J connectivity index is 1.72. The van der Waals surface area contributed by atoms with Crippen molar-refractivity contribution in [2.75, 3.05) is 6.54 Å². The van der Waals surface area contributed by atoms with E-state index >= 15 is 0 Å². The van der Waals surface area contributed by atoms with Gasteiger partial charge in [0.05, 0.1) is 6.42 Å². The number of fused-ring (bicyclic) bond motifs is 1. The molecule has 1 atom stereocenters. The smallest absolute Gasteiger partial charge is 0.221 e. The van der Waals surface area contributed by atoms with Gasteiger partial charge in [0.2, 0.25) is 5.91 Å². The predicted octanol–water partition coefficient (Wildman–Crippen LogP) is 3.09. The molecular weight excluding hydrogens is 296 g/mol. The van der Waals surface area contributed by atoms with Crippen LogP contribution in [0.2, 0.25) is 0 Å². The third-order valence-corrected chi connectivity index (χ3v) is 4.82. The number of rotatable bonds is 7. The van der Waals surface area contributed by atoms with Gasteiger partial charge in [-0.1, -0.05) is 55.5 Å². The van der Waals surface area contributed by atoms with Gasteiger partial charge in [-0.25, -0.2) is 0 Å². The third kappa shape index (κ3) is 4.04. The van der Waals surface area contributed by atoms with Gasteiger partial charge in [-0.15, -0.1) is 0 Å². The lowest BCUT2D eigenvalue weighted by molar-refractivity contribution is -0.117. The molecular formula is C21H26N2O. The maximum atomic E-state index is 11.1. The summed E-state index contributed by atoms with van der Waals surface area (Å²) in [6.45, 7) is 4.36. The molecule has 0 saturated heterocycles. The zero-order chi connectivity index (χ0) is 16.9. The van der Waals surface area contributed by atoms with Crippen molar-refractivity contribution in [2.24, 2.45) is 5.73 Å². The fraction of sp³-hybridized carbons (Fsp3) is 0.381. The van der Waals surface area contributed by atoms with Gasteiger partial charge in [-0.05, 0) is 48.1 Å². The quantitative estimate of drug-likeness (QED) is 0.851. The summed E-state index contributed by atoms with van der Waals surface area (Å²) >= 11 is 0. The van der Waals surface area contributed by atoms with Gasteiger partial charge in [0.25, 0.3) is 0 Å². The van der Waals surface area contributed by atoms with Crippen LogP contribution in [0.15, 0.2) is 48.5 Å². The standard InChI is InChI=1S/C21H26N2O/c1-2-10-23(15-16-6-4-3-5-7-16)20-13-18-9-8-17(12-21(22)24)11-19(18)14-20/h3-9,11,20H,2,10,12-15H2,1H3,(H2,22,24).